The lowest BCUT2D eigenvalue weighted by molar-refractivity contribution is -0.447. The van der Waals surface area contributed by atoms with Crippen molar-refractivity contribution in [1.29, 1.82) is 0 Å². The number of aliphatic hydroxyl groups is 1. The Balaban J connectivity index is 3.37. The molecule has 0 radical (unpaired) electrons. The molecule has 160 valence electrons. The largest absolute Gasteiger partial charge is 0.408 e. The molecule has 3 unspecified atom stereocenters. The maximum atomic E-state index is 14.4. The third kappa shape index (κ3) is 1.54. The molecule has 0 saturated heterocycles. The molecule has 2 fully saturated rings. The fraction of sp³-hybridized carbons (Fsp3) is 1.00. The van der Waals surface area contributed by atoms with Gasteiger partial charge in [-0.15, -0.1) is 0 Å². The zero-order valence-corrected chi connectivity index (χ0v) is 11.6. The second-order valence-electron chi connectivity index (χ2n) is 5.88. The number of hydrogen-bond donors (Lipinski definition) is 1. The molecule has 1 N–H and O–H groups in total. The van der Waals surface area contributed by atoms with Gasteiger partial charge in [-0.1, -0.05) is 0 Å². The quantitative estimate of drug-likeness (QED) is 0.542. The maximum Gasteiger partial charge on any atom is 0.408 e. The molecule has 27 heavy (non-hydrogen) atoms. The highest BCUT2D eigenvalue weighted by Crippen LogP contribution is 2.91. The predicted octanol–water partition coefficient (Wildman–Crippen LogP) is 4.65. The summed E-state index contributed by atoms with van der Waals surface area (Å²) < 4.78 is 214. The van der Waals surface area contributed by atoms with Crippen molar-refractivity contribution in [1.82, 2.24) is 0 Å². The molecule has 17 heteroatoms. The molecule has 0 amide bonds. The minimum absolute atomic E-state index is 5.85. The summed E-state index contributed by atoms with van der Waals surface area (Å²) in [5, 5.41) is 8.81. The Bertz CT molecular complexity index is 640. The van der Waals surface area contributed by atoms with Crippen LogP contribution in [-0.2, 0) is 0 Å². The van der Waals surface area contributed by atoms with Crippen molar-refractivity contribution in [2.24, 2.45) is 10.8 Å². The first kappa shape index (κ1) is 22.1. The fourth-order valence-electron chi connectivity index (χ4n) is 4.05. The van der Waals surface area contributed by atoms with Crippen molar-refractivity contribution in [3.8, 4) is 0 Å². The van der Waals surface area contributed by atoms with Crippen LogP contribution in [0.15, 0.2) is 0 Å². The normalized spacial score (nSPS) is 39.7. The molecule has 2 aliphatic rings. The fourth-order valence-corrected chi connectivity index (χ4v) is 4.05. The monoisotopic (exact) mass is 442 g/mol. The Kier molecular flexibility index (Phi) is 3.71. The number of rotatable bonds is 0. The van der Waals surface area contributed by atoms with Crippen molar-refractivity contribution in [3.63, 3.8) is 0 Å². The molecule has 0 spiro atoms. The van der Waals surface area contributed by atoms with Gasteiger partial charge in [-0.25, -0.2) is 4.39 Å². The lowest BCUT2D eigenvalue weighted by Crippen LogP contribution is -2.72. The molecule has 2 bridgehead atoms. The SMILES string of the molecule is OC1C(F)(F)C2(F)C(F)(F)C(F)(F)C1(C(F)(F)F)C2(C(F)(F)F)C(F)(F)F. The highest BCUT2D eigenvalue weighted by molar-refractivity contribution is 5.46. The van der Waals surface area contributed by atoms with Gasteiger partial charge in [-0.05, 0) is 0 Å². The standard InChI is InChI=1S/C10H2F16O/c11-3(12)1(27)2(8(18,19)20)4(9(21,22)23,10(24,25)26)5(3,13)7(16,17)6(2,14)15/h1,27H. The van der Waals surface area contributed by atoms with E-state index < -0.39 is 58.9 Å². The maximum absolute atomic E-state index is 14.4. The van der Waals surface area contributed by atoms with E-state index >= 15 is 0 Å². The van der Waals surface area contributed by atoms with Gasteiger partial charge in [0.2, 0.25) is 5.41 Å². The van der Waals surface area contributed by atoms with E-state index in [0.717, 1.165) is 0 Å². The summed E-state index contributed by atoms with van der Waals surface area (Å²) in [6.45, 7) is 0. The third-order valence-electron chi connectivity index (χ3n) is 4.94. The third-order valence-corrected chi connectivity index (χ3v) is 4.94. The van der Waals surface area contributed by atoms with Crippen molar-refractivity contribution >= 4 is 0 Å². The van der Waals surface area contributed by atoms with Gasteiger partial charge in [-0.2, -0.15) is 65.9 Å². The summed E-state index contributed by atoms with van der Waals surface area (Å²) in [7, 11) is 0. The van der Waals surface area contributed by atoms with E-state index in [1.165, 1.54) is 0 Å². The molecule has 2 rings (SSSR count). The lowest BCUT2D eigenvalue weighted by atomic mass is 9.62. The van der Waals surface area contributed by atoms with Crippen molar-refractivity contribution in [2.45, 2.75) is 48.1 Å². The first-order valence-electron chi connectivity index (χ1n) is 6.11. The van der Waals surface area contributed by atoms with E-state index in [1.807, 2.05) is 0 Å². The first-order valence-corrected chi connectivity index (χ1v) is 6.11. The Morgan fingerprint density at radius 1 is 0.556 bits per heavy atom. The molecule has 0 aromatic rings. The molecule has 1 nitrogen and oxygen atoms in total. The molecule has 0 heterocycles. The number of hydrogen-bond acceptors (Lipinski definition) is 1. The lowest BCUT2D eigenvalue weighted by Gasteiger charge is -2.47. The van der Waals surface area contributed by atoms with Crippen molar-refractivity contribution in [3.05, 3.63) is 0 Å². The van der Waals surface area contributed by atoms with Gasteiger partial charge in [-0.3, -0.25) is 0 Å². The average Bonchev–Trinajstić information content (AvgIpc) is 2.57. The van der Waals surface area contributed by atoms with Crippen LogP contribution in [0.5, 0.6) is 0 Å². The summed E-state index contributed by atoms with van der Waals surface area (Å²) in [6, 6.07) is 0. The van der Waals surface area contributed by atoms with Gasteiger partial charge in [0, 0.05) is 0 Å². The molecule has 0 aromatic carbocycles. The minimum Gasteiger partial charge on any atom is -0.385 e. The number of aliphatic hydroxyl groups excluding tert-OH is 1. The topological polar surface area (TPSA) is 20.2 Å². The van der Waals surface area contributed by atoms with Crippen molar-refractivity contribution < 1.29 is 75.4 Å². The van der Waals surface area contributed by atoms with E-state index in [4.69, 9.17) is 5.11 Å². The highest BCUT2D eigenvalue weighted by atomic mass is 19.4. The Morgan fingerprint density at radius 2 is 0.889 bits per heavy atom. The van der Waals surface area contributed by atoms with Crippen LogP contribution in [0, 0.1) is 10.8 Å². The van der Waals surface area contributed by atoms with E-state index in [9.17, 15) is 70.2 Å². The van der Waals surface area contributed by atoms with Gasteiger partial charge in [0.05, 0.1) is 0 Å². The minimum atomic E-state index is -8.13. The van der Waals surface area contributed by atoms with Gasteiger partial charge >= 0.3 is 36.3 Å². The number of alkyl halides is 16. The first-order chi connectivity index (χ1) is 11.4. The average molecular weight is 442 g/mol. The van der Waals surface area contributed by atoms with E-state index in [0.29, 0.717) is 0 Å². The predicted molar refractivity (Wildman–Crippen MR) is 47.7 cm³/mol. The molecule has 2 saturated carbocycles. The van der Waals surface area contributed by atoms with Gasteiger partial charge in [0.15, 0.2) is 5.41 Å². The highest BCUT2D eigenvalue weighted by Gasteiger charge is 3.19. The summed E-state index contributed by atoms with van der Waals surface area (Å²) in [5.41, 5.74) is -23.7. The van der Waals surface area contributed by atoms with Gasteiger partial charge in [0.1, 0.15) is 6.10 Å². The van der Waals surface area contributed by atoms with Crippen LogP contribution in [0.2, 0.25) is 0 Å². The molecular weight excluding hydrogens is 440 g/mol. The van der Waals surface area contributed by atoms with E-state index in [2.05, 4.69) is 0 Å². The second kappa shape index (κ2) is 4.53. The zero-order valence-electron chi connectivity index (χ0n) is 11.6. The second-order valence-corrected chi connectivity index (χ2v) is 5.88. The van der Waals surface area contributed by atoms with Crippen molar-refractivity contribution in [2.75, 3.05) is 0 Å². The molecule has 3 atom stereocenters. The van der Waals surface area contributed by atoms with Crippen LogP contribution in [0.4, 0.5) is 70.2 Å². The summed E-state index contributed by atoms with van der Waals surface area (Å²) in [5.74, 6) is -22.9. The van der Waals surface area contributed by atoms with Crippen LogP contribution in [0.25, 0.3) is 0 Å². The summed E-state index contributed by atoms with van der Waals surface area (Å²) >= 11 is 0. The van der Waals surface area contributed by atoms with Crippen LogP contribution < -0.4 is 0 Å². The summed E-state index contributed by atoms with van der Waals surface area (Å²) in [4.78, 5) is 0. The molecule has 2 aliphatic carbocycles. The van der Waals surface area contributed by atoms with Crippen LogP contribution in [0.3, 0.4) is 0 Å². The molecule has 0 aliphatic heterocycles. The number of halogens is 16. The molecule has 0 aromatic heterocycles. The van der Waals surface area contributed by atoms with E-state index in [-0.39, 0.29) is 0 Å². The summed E-state index contributed by atoms with van der Waals surface area (Å²) in [6.07, 6.45) is -30.0. The van der Waals surface area contributed by atoms with Gasteiger partial charge in [0.25, 0.3) is 5.67 Å². The zero-order chi connectivity index (χ0) is 22.1. The smallest absolute Gasteiger partial charge is 0.385 e. The Morgan fingerprint density at radius 3 is 1.11 bits per heavy atom. The van der Waals surface area contributed by atoms with Crippen LogP contribution >= 0.6 is 0 Å². The Labute approximate surface area is 135 Å². The Hall–Kier alpha value is -1.16. The van der Waals surface area contributed by atoms with Gasteiger partial charge < -0.3 is 5.11 Å². The molecular formula is C10H2F16O. The van der Waals surface area contributed by atoms with Crippen LogP contribution in [-0.4, -0.2) is 53.2 Å². The van der Waals surface area contributed by atoms with Crippen LogP contribution in [0.1, 0.15) is 0 Å². The van der Waals surface area contributed by atoms with E-state index in [1.54, 1.807) is 0 Å². The number of fused-ring (bicyclic) bond motifs is 2.